The van der Waals surface area contributed by atoms with Crippen molar-refractivity contribution in [3.63, 3.8) is 0 Å². The molecule has 0 fully saturated rings. The molecule has 0 aliphatic heterocycles. The molecule has 2 aromatic carbocycles. The topological polar surface area (TPSA) is 50.4 Å². The van der Waals surface area contributed by atoms with Gasteiger partial charge in [0.05, 0.1) is 12.8 Å². The lowest BCUT2D eigenvalue weighted by atomic mass is 10.1. The average Bonchev–Trinajstić information content (AvgIpc) is 2.52. The Morgan fingerprint density at radius 3 is 2.61 bits per heavy atom. The van der Waals surface area contributed by atoms with Gasteiger partial charge in [-0.2, -0.15) is 0 Å². The van der Waals surface area contributed by atoms with Crippen LogP contribution in [0.3, 0.4) is 0 Å². The lowest BCUT2D eigenvalue weighted by Gasteiger charge is -2.13. The van der Waals surface area contributed by atoms with Crippen molar-refractivity contribution in [3.8, 4) is 5.75 Å². The molecule has 0 aliphatic rings. The van der Waals surface area contributed by atoms with Crippen LogP contribution in [0.15, 0.2) is 36.4 Å². The Labute approximate surface area is 137 Å². The lowest BCUT2D eigenvalue weighted by Crippen LogP contribution is -2.17. The Hall–Kier alpha value is -2.49. The van der Waals surface area contributed by atoms with E-state index in [1.165, 1.54) is 5.56 Å². The molecule has 0 radical (unpaired) electrons. The summed E-state index contributed by atoms with van der Waals surface area (Å²) >= 11 is 0. The minimum Gasteiger partial charge on any atom is -0.495 e. The summed E-state index contributed by atoms with van der Waals surface area (Å²) in [5, 5.41) is 6.23. The maximum atomic E-state index is 12.1. The van der Waals surface area contributed by atoms with Gasteiger partial charge in [-0.25, -0.2) is 0 Å². The first-order valence-electron chi connectivity index (χ1n) is 7.76. The Kier molecular flexibility index (Phi) is 5.63. The molecule has 0 bridgehead atoms. The smallest absolute Gasteiger partial charge is 0.226 e. The van der Waals surface area contributed by atoms with Crippen LogP contribution in [0.25, 0.3) is 0 Å². The van der Waals surface area contributed by atoms with E-state index in [2.05, 4.69) is 10.6 Å². The third kappa shape index (κ3) is 4.49. The van der Waals surface area contributed by atoms with Crippen LogP contribution in [-0.4, -0.2) is 19.6 Å². The van der Waals surface area contributed by atoms with Crippen LogP contribution in [-0.2, 0) is 4.79 Å². The molecule has 122 valence electrons. The second-order valence-electron chi connectivity index (χ2n) is 5.68. The van der Waals surface area contributed by atoms with Crippen LogP contribution in [0.1, 0.15) is 23.1 Å². The summed E-state index contributed by atoms with van der Waals surface area (Å²) < 4.78 is 5.32. The fraction of sp³-hybridized carbons (Fsp3) is 0.316. The molecule has 0 atom stereocenters. The number of hydrogen-bond donors (Lipinski definition) is 2. The predicted molar refractivity (Wildman–Crippen MR) is 95.4 cm³/mol. The summed E-state index contributed by atoms with van der Waals surface area (Å²) in [6, 6.07) is 11.9. The Bertz CT molecular complexity index is 696. The van der Waals surface area contributed by atoms with Crippen LogP contribution in [0.4, 0.5) is 11.4 Å². The van der Waals surface area contributed by atoms with Crippen molar-refractivity contribution < 1.29 is 9.53 Å². The quantitative estimate of drug-likeness (QED) is 0.845. The number of rotatable bonds is 6. The Morgan fingerprint density at radius 1 is 1.09 bits per heavy atom. The van der Waals surface area contributed by atoms with Gasteiger partial charge in [-0.05, 0) is 55.7 Å². The van der Waals surface area contributed by atoms with Gasteiger partial charge >= 0.3 is 0 Å². The molecule has 4 nitrogen and oxygen atoms in total. The number of hydrogen-bond acceptors (Lipinski definition) is 3. The van der Waals surface area contributed by atoms with Gasteiger partial charge in [0.2, 0.25) is 5.91 Å². The number of carbonyl (C=O) groups is 1. The summed E-state index contributed by atoms with van der Waals surface area (Å²) in [4.78, 5) is 12.1. The first-order chi connectivity index (χ1) is 11.0. The molecule has 0 heterocycles. The van der Waals surface area contributed by atoms with Crippen molar-refractivity contribution in [3.05, 3.63) is 53.1 Å². The maximum absolute atomic E-state index is 12.1. The minimum absolute atomic E-state index is 0.00202. The normalized spacial score (nSPS) is 10.3. The Morgan fingerprint density at radius 2 is 1.87 bits per heavy atom. The van der Waals surface area contributed by atoms with Crippen molar-refractivity contribution in [1.29, 1.82) is 0 Å². The molecule has 4 heteroatoms. The molecule has 2 aromatic rings. The maximum Gasteiger partial charge on any atom is 0.226 e. The molecule has 0 spiro atoms. The van der Waals surface area contributed by atoms with Gasteiger partial charge in [0.1, 0.15) is 5.75 Å². The number of methoxy groups -OCH3 is 1. The molecule has 0 saturated carbocycles. The molecule has 0 aliphatic carbocycles. The monoisotopic (exact) mass is 312 g/mol. The minimum atomic E-state index is -0.00202. The number of aryl methyl sites for hydroxylation is 2. The van der Waals surface area contributed by atoms with Gasteiger partial charge < -0.3 is 15.4 Å². The third-order valence-corrected chi connectivity index (χ3v) is 3.90. The van der Waals surface area contributed by atoms with E-state index < -0.39 is 0 Å². The summed E-state index contributed by atoms with van der Waals surface area (Å²) in [7, 11) is 1.64. The van der Waals surface area contributed by atoms with Gasteiger partial charge in [-0.15, -0.1) is 0 Å². The van der Waals surface area contributed by atoms with Crippen molar-refractivity contribution in [2.45, 2.75) is 27.2 Å². The van der Waals surface area contributed by atoms with Gasteiger partial charge in [0, 0.05) is 18.7 Å². The highest BCUT2D eigenvalue weighted by molar-refractivity contribution is 5.92. The molecule has 0 saturated heterocycles. The highest BCUT2D eigenvalue weighted by atomic mass is 16.5. The number of nitrogens with one attached hydrogen (secondary N) is 2. The van der Waals surface area contributed by atoms with E-state index in [9.17, 15) is 4.79 Å². The first kappa shape index (κ1) is 16.9. The molecule has 23 heavy (non-hydrogen) atoms. The van der Waals surface area contributed by atoms with E-state index in [4.69, 9.17) is 4.74 Å². The van der Waals surface area contributed by atoms with Crippen molar-refractivity contribution in [2.75, 3.05) is 24.3 Å². The highest BCUT2D eigenvalue weighted by Gasteiger charge is 2.07. The van der Waals surface area contributed by atoms with E-state index in [1.54, 1.807) is 7.11 Å². The zero-order valence-electron chi connectivity index (χ0n) is 14.2. The van der Waals surface area contributed by atoms with Gasteiger partial charge in [0.15, 0.2) is 0 Å². The van der Waals surface area contributed by atoms with Crippen LogP contribution in [0.2, 0.25) is 0 Å². The zero-order valence-corrected chi connectivity index (χ0v) is 14.2. The number of ether oxygens (including phenoxy) is 1. The standard InChI is InChI=1S/C19H24N2O2/c1-13-8-9-18(23-4)17(12-13)20-11-10-19(22)21-16-7-5-6-14(2)15(16)3/h5-9,12,20H,10-11H2,1-4H3,(H,21,22). The second kappa shape index (κ2) is 7.68. The van der Waals surface area contributed by atoms with E-state index in [0.29, 0.717) is 13.0 Å². The van der Waals surface area contributed by atoms with E-state index in [0.717, 1.165) is 28.3 Å². The summed E-state index contributed by atoms with van der Waals surface area (Å²) in [5.41, 5.74) is 5.21. The van der Waals surface area contributed by atoms with E-state index in [1.807, 2.05) is 57.2 Å². The van der Waals surface area contributed by atoms with E-state index in [-0.39, 0.29) is 5.91 Å². The predicted octanol–water partition coefficient (Wildman–Crippen LogP) is 4.06. The van der Waals surface area contributed by atoms with Gasteiger partial charge in [0.25, 0.3) is 0 Å². The van der Waals surface area contributed by atoms with Crippen LogP contribution >= 0.6 is 0 Å². The first-order valence-corrected chi connectivity index (χ1v) is 7.76. The molecule has 0 aromatic heterocycles. The second-order valence-corrected chi connectivity index (χ2v) is 5.68. The summed E-state index contributed by atoms with van der Waals surface area (Å²) in [6.45, 7) is 6.63. The number of carbonyl (C=O) groups excluding carboxylic acids is 1. The van der Waals surface area contributed by atoms with E-state index >= 15 is 0 Å². The largest absolute Gasteiger partial charge is 0.495 e. The lowest BCUT2D eigenvalue weighted by molar-refractivity contribution is -0.115. The molecule has 2 rings (SSSR count). The van der Waals surface area contributed by atoms with Crippen LogP contribution in [0, 0.1) is 20.8 Å². The average molecular weight is 312 g/mol. The zero-order chi connectivity index (χ0) is 16.8. The Balaban J connectivity index is 1.90. The molecular formula is C19H24N2O2. The van der Waals surface area contributed by atoms with Crippen LogP contribution < -0.4 is 15.4 Å². The number of anilines is 2. The molecule has 0 unspecified atom stereocenters. The molecule has 1 amide bonds. The van der Waals surface area contributed by atoms with Gasteiger partial charge in [-0.3, -0.25) is 4.79 Å². The summed E-state index contributed by atoms with van der Waals surface area (Å²) in [6.07, 6.45) is 0.393. The van der Waals surface area contributed by atoms with Gasteiger partial charge in [-0.1, -0.05) is 18.2 Å². The molecular weight excluding hydrogens is 288 g/mol. The fourth-order valence-corrected chi connectivity index (χ4v) is 2.37. The fourth-order valence-electron chi connectivity index (χ4n) is 2.37. The molecule has 2 N–H and O–H groups in total. The van der Waals surface area contributed by atoms with Crippen molar-refractivity contribution >= 4 is 17.3 Å². The number of benzene rings is 2. The van der Waals surface area contributed by atoms with Crippen LogP contribution in [0.5, 0.6) is 5.75 Å². The SMILES string of the molecule is COc1ccc(C)cc1NCCC(=O)Nc1cccc(C)c1C. The summed E-state index contributed by atoms with van der Waals surface area (Å²) in [5.74, 6) is 0.781. The van der Waals surface area contributed by atoms with Crippen molar-refractivity contribution in [1.82, 2.24) is 0 Å². The third-order valence-electron chi connectivity index (χ3n) is 3.90. The number of amides is 1. The highest BCUT2D eigenvalue weighted by Crippen LogP contribution is 2.25. The van der Waals surface area contributed by atoms with Crippen molar-refractivity contribution in [2.24, 2.45) is 0 Å².